The zero-order chi connectivity index (χ0) is 27.7. The van der Waals surface area contributed by atoms with Crippen LogP contribution in [0.3, 0.4) is 0 Å². The number of anilines is 1. The summed E-state index contributed by atoms with van der Waals surface area (Å²) in [6, 6.07) is 10.1. The summed E-state index contributed by atoms with van der Waals surface area (Å²) in [6.45, 7) is 0. The second-order valence-corrected chi connectivity index (χ2v) is 9.26. The van der Waals surface area contributed by atoms with Gasteiger partial charge in [0.25, 0.3) is 17.5 Å². The maximum atomic E-state index is 13.0. The van der Waals surface area contributed by atoms with E-state index in [0.29, 0.717) is 5.56 Å². The summed E-state index contributed by atoms with van der Waals surface area (Å²) in [6.07, 6.45) is 1.23. The van der Waals surface area contributed by atoms with Crippen LogP contribution in [0.4, 0.5) is 21.9 Å². The summed E-state index contributed by atoms with van der Waals surface area (Å²) >= 11 is 6.56. The van der Waals surface area contributed by atoms with Gasteiger partial charge in [0.2, 0.25) is 5.75 Å². The lowest BCUT2D eigenvalue weighted by Crippen LogP contribution is -2.54. The zero-order valence-electron chi connectivity index (χ0n) is 18.6. The average molecular weight is 648 g/mol. The molecule has 0 atom stereocenters. The van der Waals surface area contributed by atoms with Gasteiger partial charge < -0.3 is 9.84 Å². The van der Waals surface area contributed by atoms with E-state index in [0.717, 1.165) is 23.1 Å². The third kappa shape index (κ3) is 5.23. The van der Waals surface area contributed by atoms with E-state index in [9.17, 15) is 39.7 Å². The largest absolute Gasteiger partial charge is 0.508 e. The van der Waals surface area contributed by atoms with Gasteiger partial charge in [0.1, 0.15) is 11.3 Å². The lowest BCUT2D eigenvalue weighted by Gasteiger charge is -2.26. The first-order valence-corrected chi connectivity index (χ1v) is 11.8. The fraction of sp³-hybridized carbons (Fsp3) is 0. The highest BCUT2D eigenvalue weighted by Crippen LogP contribution is 2.42. The van der Waals surface area contributed by atoms with Crippen LogP contribution in [0, 0.1) is 20.2 Å². The molecule has 2 N–H and O–H groups in total. The maximum Gasteiger partial charge on any atom is 0.335 e. The average Bonchev–Trinajstić information content (AvgIpc) is 2.85. The van der Waals surface area contributed by atoms with Crippen LogP contribution in [0.1, 0.15) is 5.56 Å². The summed E-state index contributed by atoms with van der Waals surface area (Å²) in [4.78, 5) is 59.4. The van der Waals surface area contributed by atoms with Crippen molar-refractivity contribution >= 4 is 72.8 Å². The summed E-state index contributed by atoms with van der Waals surface area (Å²) in [5, 5.41) is 33.9. The Hall–Kier alpha value is -4.63. The van der Waals surface area contributed by atoms with Crippen LogP contribution in [0.25, 0.3) is 6.08 Å². The molecule has 1 heterocycles. The number of nitrogens with zero attached hydrogens (tertiary/aromatic N) is 3. The third-order valence-corrected chi connectivity index (χ3v) is 6.28. The second kappa shape index (κ2) is 10.4. The van der Waals surface area contributed by atoms with Crippen LogP contribution in [-0.4, -0.2) is 32.8 Å². The molecule has 0 aliphatic carbocycles. The Morgan fingerprint density at radius 3 is 2.13 bits per heavy atom. The van der Waals surface area contributed by atoms with E-state index in [2.05, 4.69) is 37.2 Å². The fourth-order valence-corrected chi connectivity index (χ4v) is 4.76. The van der Waals surface area contributed by atoms with Crippen LogP contribution in [-0.2, 0) is 9.59 Å². The molecule has 3 aromatic rings. The number of imide groups is 2. The van der Waals surface area contributed by atoms with Crippen molar-refractivity contribution in [3.05, 3.63) is 94.9 Å². The molecular weight excluding hydrogens is 636 g/mol. The highest BCUT2D eigenvalue weighted by Gasteiger charge is 2.37. The van der Waals surface area contributed by atoms with Gasteiger partial charge >= 0.3 is 11.7 Å². The van der Waals surface area contributed by atoms with Gasteiger partial charge in [-0.25, -0.2) is 9.69 Å². The number of non-ortho nitro benzene ring substituents is 1. The number of ether oxygens (including phenoxy) is 1. The van der Waals surface area contributed by atoms with Crippen LogP contribution < -0.4 is 15.0 Å². The molecule has 13 nitrogen and oxygen atoms in total. The molecule has 1 saturated heterocycles. The van der Waals surface area contributed by atoms with Gasteiger partial charge in [-0.05, 0) is 86.0 Å². The van der Waals surface area contributed by atoms with Crippen molar-refractivity contribution in [1.29, 1.82) is 0 Å². The van der Waals surface area contributed by atoms with Crippen molar-refractivity contribution in [2.24, 2.45) is 0 Å². The number of urea groups is 1. The number of phenolic OH excluding ortho intramolecular Hbond substituents is 1. The molecule has 0 radical (unpaired) electrons. The van der Waals surface area contributed by atoms with E-state index in [1.807, 2.05) is 0 Å². The first-order valence-electron chi connectivity index (χ1n) is 10.3. The molecule has 1 aliphatic rings. The molecule has 0 bridgehead atoms. The number of nitro benzene ring substituents is 2. The zero-order valence-corrected chi connectivity index (χ0v) is 21.8. The predicted molar refractivity (Wildman–Crippen MR) is 139 cm³/mol. The molecule has 4 amide bonds. The van der Waals surface area contributed by atoms with E-state index in [1.54, 1.807) is 0 Å². The minimum Gasteiger partial charge on any atom is -0.508 e. The van der Waals surface area contributed by atoms with Crippen molar-refractivity contribution < 1.29 is 34.1 Å². The number of nitrogens with one attached hydrogen (secondary N) is 1. The molecule has 3 aromatic carbocycles. The smallest absolute Gasteiger partial charge is 0.335 e. The number of barbiturate groups is 1. The predicted octanol–water partition coefficient (Wildman–Crippen LogP) is 5.19. The highest BCUT2D eigenvalue weighted by molar-refractivity contribution is 9.11. The standard InChI is InChI=1S/C23H12Br2N4O9/c24-16-8-11(7-15-21(31)26-23(33)27(22(15)32)12-1-4-14(30)5-2-12)9-17(25)20(16)38-19-6-3-13(28(34)35)10-18(19)29(36)37/h1-10,30H,(H,26,31,33)/b15-7+. The van der Waals surface area contributed by atoms with Gasteiger partial charge in [-0.2, -0.15) is 0 Å². The van der Waals surface area contributed by atoms with E-state index in [1.165, 1.54) is 42.5 Å². The quantitative estimate of drug-likeness (QED) is 0.157. The molecule has 0 aromatic heterocycles. The summed E-state index contributed by atoms with van der Waals surface area (Å²) in [5.41, 5.74) is -1.05. The number of aromatic hydroxyl groups is 1. The number of benzene rings is 3. The lowest BCUT2D eigenvalue weighted by atomic mass is 10.1. The SMILES string of the molecule is O=C1NC(=O)N(c2ccc(O)cc2)C(=O)/C1=C/c1cc(Br)c(Oc2ccc([N+](=O)[O-])cc2[N+](=O)[O-])c(Br)c1. The minimum absolute atomic E-state index is 0.0735. The molecule has 0 unspecified atom stereocenters. The maximum absolute atomic E-state index is 13.0. The Kier molecular flexibility index (Phi) is 7.23. The number of nitro groups is 2. The number of hydrogen-bond acceptors (Lipinski definition) is 9. The monoisotopic (exact) mass is 646 g/mol. The Balaban J connectivity index is 1.68. The van der Waals surface area contributed by atoms with E-state index in [-0.39, 0.29) is 37.5 Å². The van der Waals surface area contributed by atoms with Gasteiger partial charge in [-0.1, -0.05) is 0 Å². The van der Waals surface area contributed by atoms with Crippen molar-refractivity contribution in [2.45, 2.75) is 0 Å². The molecule has 1 aliphatic heterocycles. The van der Waals surface area contributed by atoms with E-state index in [4.69, 9.17) is 4.74 Å². The fourth-order valence-electron chi connectivity index (χ4n) is 3.38. The summed E-state index contributed by atoms with van der Waals surface area (Å²) in [7, 11) is 0. The van der Waals surface area contributed by atoms with Crippen molar-refractivity contribution in [3.8, 4) is 17.2 Å². The van der Waals surface area contributed by atoms with Gasteiger partial charge in [0.15, 0.2) is 5.75 Å². The Morgan fingerprint density at radius 2 is 1.55 bits per heavy atom. The van der Waals surface area contributed by atoms with E-state index >= 15 is 0 Å². The minimum atomic E-state index is -0.960. The van der Waals surface area contributed by atoms with Gasteiger partial charge in [0.05, 0.1) is 30.5 Å². The molecule has 15 heteroatoms. The van der Waals surface area contributed by atoms with E-state index < -0.39 is 39.1 Å². The van der Waals surface area contributed by atoms with Gasteiger partial charge in [-0.15, -0.1) is 0 Å². The summed E-state index contributed by atoms with van der Waals surface area (Å²) in [5.74, 6) is -2.11. The first kappa shape index (κ1) is 26.4. The normalized spacial score (nSPS) is 14.4. The molecule has 4 rings (SSSR count). The van der Waals surface area contributed by atoms with Crippen molar-refractivity contribution in [2.75, 3.05) is 4.90 Å². The third-order valence-electron chi connectivity index (χ3n) is 5.10. The van der Waals surface area contributed by atoms with Crippen LogP contribution >= 0.6 is 31.9 Å². The Morgan fingerprint density at radius 1 is 0.921 bits per heavy atom. The van der Waals surface area contributed by atoms with Crippen LogP contribution in [0.15, 0.2) is 69.1 Å². The van der Waals surface area contributed by atoms with Crippen molar-refractivity contribution in [1.82, 2.24) is 5.32 Å². The molecule has 192 valence electrons. The highest BCUT2D eigenvalue weighted by atomic mass is 79.9. The van der Waals surface area contributed by atoms with Crippen LogP contribution in [0.5, 0.6) is 17.2 Å². The number of hydrogen-bond donors (Lipinski definition) is 2. The Bertz CT molecular complexity index is 1550. The molecular formula is C23H12Br2N4O9. The Labute approximate surface area is 228 Å². The lowest BCUT2D eigenvalue weighted by molar-refractivity contribution is -0.394. The number of halogens is 2. The number of phenols is 1. The first-order chi connectivity index (χ1) is 18.0. The number of rotatable bonds is 6. The molecule has 38 heavy (non-hydrogen) atoms. The summed E-state index contributed by atoms with van der Waals surface area (Å²) < 4.78 is 6.16. The molecule has 1 fully saturated rings. The number of amides is 4. The number of carbonyl (C=O) groups excluding carboxylic acids is 3. The second-order valence-electron chi connectivity index (χ2n) is 7.56. The van der Waals surface area contributed by atoms with Crippen molar-refractivity contribution in [3.63, 3.8) is 0 Å². The van der Waals surface area contributed by atoms with Gasteiger partial charge in [-0.3, -0.25) is 35.1 Å². The topological polar surface area (TPSA) is 182 Å². The molecule has 0 saturated carbocycles. The molecule has 0 spiro atoms. The van der Waals surface area contributed by atoms with Gasteiger partial charge in [0, 0.05) is 6.07 Å². The van der Waals surface area contributed by atoms with Crippen LogP contribution in [0.2, 0.25) is 0 Å². The number of carbonyl (C=O) groups is 3.